The summed E-state index contributed by atoms with van der Waals surface area (Å²) < 4.78 is 1.79. The van der Waals surface area contributed by atoms with E-state index in [1.54, 1.807) is 23.3 Å². The van der Waals surface area contributed by atoms with Gasteiger partial charge in [-0.2, -0.15) is 0 Å². The van der Waals surface area contributed by atoms with Crippen molar-refractivity contribution in [2.45, 2.75) is 6.54 Å². The van der Waals surface area contributed by atoms with Crippen LogP contribution in [0.5, 0.6) is 0 Å². The Balaban J connectivity index is 1.60. The molecular formula is C16H15N5O. The molecule has 0 saturated heterocycles. The molecule has 0 spiro atoms. The predicted molar refractivity (Wildman–Crippen MR) is 84.3 cm³/mol. The van der Waals surface area contributed by atoms with Crippen LogP contribution in [0.2, 0.25) is 0 Å². The minimum absolute atomic E-state index is 0.174. The number of fused-ring (bicyclic) bond motifs is 1. The van der Waals surface area contributed by atoms with Gasteiger partial charge in [0.05, 0.1) is 23.1 Å². The fraction of sp³-hybridized carbons (Fsp3) is 0.0625. The Morgan fingerprint density at radius 2 is 2.05 bits per heavy atom. The fourth-order valence-corrected chi connectivity index (χ4v) is 2.09. The number of benzene rings is 1. The first-order valence-corrected chi connectivity index (χ1v) is 6.78. The van der Waals surface area contributed by atoms with Crippen LogP contribution >= 0.6 is 0 Å². The first-order chi connectivity index (χ1) is 10.7. The fourth-order valence-electron chi connectivity index (χ4n) is 2.09. The van der Waals surface area contributed by atoms with Crippen molar-refractivity contribution in [3.05, 3.63) is 67.3 Å². The largest absolute Gasteiger partial charge is 0.321 e. The number of imidazole rings is 1. The highest BCUT2D eigenvalue weighted by Crippen LogP contribution is 2.11. The standard InChI is InChI=1S/C16H15N5O/c1-12(13-5-4-8-17-9-13)19-20-16(22)10-21-11-18-14-6-2-3-7-15(14)21/h2-9,11,19H,1,10H2,(H,20,22). The van der Waals surface area contributed by atoms with E-state index in [1.165, 1.54) is 0 Å². The Morgan fingerprint density at radius 1 is 1.18 bits per heavy atom. The summed E-state index contributed by atoms with van der Waals surface area (Å²) in [5.74, 6) is -0.187. The molecule has 0 saturated carbocycles. The van der Waals surface area contributed by atoms with Crippen LogP contribution in [-0.2, 0) is 11.3 Å². The van der Waals surface area contributed by atoms with Crippen LogP contribution < -0.4 is 10.9 Å². The molecule has 110 valence electrons. The van der Waals surface area contributed by atoms with E-state index in [9.17, 15) is 4.79 Å². The minimum atomic E-state index is -0.187. The second-order valence-corrected chi connectivity index (χ2v) is 4.75. The van der Waals surface area contributed by atoms with Crippen molar-refractivity contribution < 1.29 is 4.79 Å². The van der Waals surface area contributed by atoms with Crippen LogP contribution in [0, 0.1) is 0 Å². The maximum absolute atomic E-state index is 12.0. The topological polar surface area (TPSA) is 71.8 Å². The summed E-state index contributed by atoms with van der Waals surface area (Å²) in [6, 6.07) is 11.3. The number of amides is 1. The maximum Gasteiger partial charge on any atom is 0.258 e. The van der Waals surface area contributed by atoms with Gasteiger partial charge in [0.1, 0.15) is 6.54 Å². The van der Waals surface area contributed by atoms with Gasteiger partial charge >= 0.3 is 0 Å². The first kappa shape index (κ1) is 13.8. The molecule has 0 aliphatic rings. The van der Waals surface area contributed by atoms with Gasteiger partial charge in [-0.15, -0.1) is 0 Å². The van der Waals surface area contributed by atoms with Gasteiger partial charge in [-0.05, 0) is 24.3 Å². The van der Waals surface area contributed by atoms with Gasteiger partial charge < -0.3 is 4.57 Å². The van der Waals surface area contributed by atoms with Crippen LogP contribution in [0.4, 0.5) is 0 Å². The number of hydrogen-bond acceptors (Lipinski definition) is 4. The average Bonchev–Trinajstić information content (AvgIpc) is 2.97. The number of rotatable bonds is 5. The third-order valence-electron chi connectivity index (χ3n) is 3.20. The highest BCUT2D eigenvalue weighted by molar-refractivity contribution is 5.80. The summed E-state index contributed by atoms with van der Waals surface area (Å²) in [6.07, 6.45) is 5.00. The monoisotopic (exact) mass is 293 g/mol. The van der Waals surface area contributed by atoms with Crippen molar-refractivity contribution in [1.82, 2.24) is 25.4 Å². The van der Waals surface area contributed by atoms with Gasteiger partial charge in [-0.1, -0.05) is 18.7 Å². The number of nitrogens with one attached hydrogen (secondary N) is 2. The van der Waals surface area contributed by atoms with E-state index in [4.69, 9.17) is 0 Å². The molecule has 0 aliphatic carbocycles. The molecule has 3 aromatic rings. The number of aromatic nitrogens is 3. The van der Waals surface area contributed by atoms with E-state index in [1.807, 2.05) is 36.4 Å². The second kappa shape index (κ2) is 6.09. The third-order valence-corrected chi connectivity index (χ3v) is 3.20. The van der Waals surface area contributed by atoms with Crippen LogP contribution in [0.25, 0.3) is 16.7 Å². The van der Waals surface area contributed by atoms with E-state index < -0.39 is 0 Å². The minimum Gasteiger partial charge on any atom is -0.321 e. The number of carbonyl (C=O) groups excluding carboxylic acids is 1. The van der Waals surface area contributed by atoms with E-state index in [0.717, 1.165) is 16.6 Å². The second-order valence-electron chi connectivity index (χ2n) is 4.75. The van der Waals surface area contributed by atoms with Gasteiger partial charge in [-0.3, -0.25) is 20.6 Å². The molecule has 6 nitrogen and oxygen atoms in total. The van der Waals surface area contributed by atoms with Crippen molar-refractivity contribution in [2.75, 3.05) is 0 Å². The third kappa shape index (κ3) is 2.95. The molecule has 0 fully saturated rings. The molecule has 3 rings (SSSR count). The lowest BCUT2D eigenvalue weighted by Gasteiger charge is -2.11. The summed E-state index contributed by atoms with van der Waals surface area (Å²) in [4.78, 5) is 20.3. The van der Waals surface area contributed by atoms with Crippen molar-refractivity contribution >= 4 is 22.6 Å². The number of hydrazine groups is 1. The van der Waals surface area contributed by atoms with E-state index in [0.29, 0.717) is 5.70 Å². The van der Waals surface area contributed by atoms with Crippen molar-refractivity contribution in [3.8, 4) is 0 Å². The zero-order chi connectivity index (χ0) is 15.4. The van der Waals surface area contributed by atoms with Crippen LogP contribution in [-0.4, -0.2) is 20.4 Å². The summed E-state index contributed by atoms with van der Waals surface area (Å²) >= 11 is 0. The summed E-state index contributed by atoms with van der Waals surface area (Å²) in [5.41, 5.74) is 8.59. The van der Waals surface area contributed by atoms with E-state index in [-0.39, 0.29) is 12.5 Å². The van der Waals surface area contributed by atoms with Crippen LogP contribution in [0.1, 0.15) is 5.56 Å². The lowest BCUT2D eigenvalue weighted by Crippen LogP contribution is -2.38. The smallest absolute Gasteiger partial charge is 0.258 e. The SMILES string of the molecule is C=C(NNC(=O)Cn1cnc2ccccc21)c1cccnc1. The molecule has 0 aliphatic heterocycles. The summed E-state index contributed by atoms with van der Waals surface area (Å²) in [5, 5.41) is 0. The Morgan fingerprint density at radius 3 is 2.86 bits per heavy atom. The van der Waals surface area contributed by atoms with E-state index in [2.05, 4.69) is 27.4 Å². The van der Waals surface area contributed by atoms with Gasteiger partial charge in [0.2, 0.25) is 0 Å². The van der Waals surface area contributed by atoms with Crippen molar-refractivity contribution in [2.24, 2.45) is 0 Å². The summed E-state index contributed by atoms with van der Waals surface area (Å²) in [6.45, 7) is 4.03. The van der Waals surface area contributed by atoms with Gasteiger partial charge in [-0.25, -0.2) is 4.98 Å². The van der Waals surface area contributed by atoms with Crippen molar-refractivity contribution in [3.63, 3.8) is 0 Å². The highest BCUT2D eigenvalue weighted by atomic mass is 16.2. The molecule has 2 N–H and O–H groups in total. The first-order valence-electron chi connectivity index (χ1n) is 6.78. The molecule has 1 aromatic carbocycles. The number of nitrogens with zero attached hydrogens (tertiary/aromatic N) is 3. The molecule has 2 aromatic heterocycles. The summed E-state index contributed by atoms with van der Waals surface area (Å²) in [7, 11) is 0. The number of hydrogen-bond donors (Lipinski definition) is 2. The Bertz CT molecular complexity index is 810. The molecule has 0 radical (unpaired) electrons. The number of pyridine rings is 1. The van der Waals surface area contributed by atoms with Crippen molar-refractivity contribution in [1.29, 1.82) is 0 Å². The normalized spacial score (nSPS) is 10.4. The molecule has 0 bridgehead atoms. The Kier molecular flexibility index (Phi) is 3.82. The average molecular weight is 293 g/mol. The maximum atomic E-state index is 12.0. The molecule has 0 unspecified atom stereocenters. The zero-order valence-electron chi connectivity index (χ0n) is 11.9. The van der Waals surface area contributed by atoms with E-state index >= 15 is 0 Å². The van der Waals surface area contributed by atoms with Gasteiger partial charge in [0.25, 0.3) is 5.91 Å². The Labute approximate surface area is 127 Å². The number of para-hydroxylation sites is 2. The van der Waals surface area contributed by atoms with Crippen LogP contribution in [0.3, 0.4) is 0 Å². The van der Waals surface area contributed by atoms with Gasteiger partial charge in [0.15, 0.2) is 0 Å². The zero-order valence-corrected chi connectivity index (χ0v) is 11.9. The molecule has 6 heteroatoms. The molecule has 1 amide bonds. The lowest BCUT2D eigenvalue weighted by atomic mass is 10.2. The Hall–Kier alpha value is -3.15. The molecule has 22 heavy (non-hydrogen) atoms. The predicted octanol–water partition coefficient (Wildman–Crippen LogP) is 1.72. The van der Waals surface area contributed by atoms with Crippen LogP contribution in [0.15, 0.2) is 61.7 Å². The lowest BCUT2D eigenvalue weighted by molar-refractivity contribution is -0.122. The quantitative estimate of drug-likeness (QED) is 0.703. The molecular weight excluding hydrogens is 278 g/mol. The number of carbonyl (C=O) groups is 1. The highest BCUT2D eigenvalue weighted by Gasteiger charge is 2.07. The molecule has 0 atom stereocenters. The van der Waals surface area contributed by atoms with Gasteiger partial charge in [0, 0.05) is 18.0 Å². The molecule has 2 heterocycles.